The highest BCUT2D eigenvalue weighted by Gasteiger charge is 2.12. The average Bonchev–Trinajstić information content (AvgIpc) is 2.86. The lowest BCUT2D eigenvalue weighted by Crippen LogP contribution is -2.30. The van der Waals surface area contributed by atoms with Crippen molar-refractivity contribution in [2.45, 2.75) is 13.0 Å². The van der Waals surface area contributed by atoms with Gasteiger partial charge in [-0.2, -0.15) is 5.10 Å². The van der Waals surface area contributed by atoms with Gasteiger partial charge in [-0.1, -0.05) is 12.1 Å². The number of carbonyl (C=O) groups is 1. The van der Waals surface area contributed by atoms with Crippen LogP contribution in [0.3, 0.4) is 0 Å². The summed E-state index contributed by atoms with van der Waals surface area (Å²) in [6.45, 7) is 1.71. The van der Waals surface area contributed by atoms with Crippen molar-refractivity contribution in [1.82, 2.24) is 15.1 Å². The van der Waals surface area contributed by atoms with Crippen LogP contribution in [0.5, 0.6) is 0 Å². The van der Waals surface area contributed by atoms with Gasteiger partial charge in [-0.25, -0.2) is 9.07 Å². The van der Waals surface area contributed by atoms with Gasteiger partial charge in [0, 0.05) is 12.7 Å². The van der Waals surface area contributed by atoms with Gasteiger partial charge in [0.05, 0.1) is 6.10 Å². The van der Waals surface area contributed by atoms with E-state index in [0.29, 0.717) is 0 Å². The summed E-state index contributed by atoms with van der Waals surface area (Å²) >= 11 is 0. The van der Waals surface area contributed by atoms with Gasteiger partial charge in [-0.05, 0) is 25.1 Å². The lowest BCUT2D eigenvalue weighted by Gasteiger charge is -2.05. The van der Waals surface area contributed by atoms with Crippen molar-refractivity contribution in [2.24, 2.45) is 0 Å². The summed E-state index contributed by atoms with van der Waals surface area (Å²) in [4.78, 5) is 11.7. The van der Waals surface area contributed by atoms with Gasteiger partial charge < -0.3 is 10.4 Å². The SMILES string of the molecule is CC(O)CNC(=O)c1ccn(-c2ccccc2F)n1. The second-order valence-corrected chi connectivity index (χ2v) is 4.16. The average molecular weight is 263 g/mol. The number of nitrogens with zero attached hydrogens (tertiary/aromatic N) is 2. The van der Waals surface area contributed by atoms with Crippen LogP contribution < -0.4 is 5.32 Å². The Morgan fingerprint density at radius 1 is 1.47 bits per heavy atom. The zero-order valence-corrected chi connectivity index (χ0v) is 10.4. The zero-order valence-electron chi connectivity index (χ0n) is 10.4. The summed E-state index contributed by atoms with van der Waals surface area (Å²) in [5.74, 6) is -0.822. The third kappa shape index (κ3) is 3.17. The topological polar surface area (TPSA) is 67.2 Å². The van der Waals surface area contributed by atoms with E-state index >= 15 is 0 Å². The molecule has 5 nitrogen and oxygen atoms in total. The molecule has 2 aromatic rings. The number of aliphatic hydroxyl groups excluding tert-OH is 1. The Morgan fingerprint density at radius 2 is 2.21 bits per heavy atom. The van der Waals surface area contributed by atoms with Crippen LogP contribution in [0.2, 0.25) is 0 Å². The highest BCUT2D eigenvalue weighted by Crippen LogP contribution is 2.12. The standard InChI is InChI=1S/C13H14FN3O2/c1-9(18)8-15-13(19)11-6-7-17(16-11)12-5-3-2-4-10(12)14/h2-7,9,18H,8H2,1H3,(H,15,19). The minimum Gasteiger partial charge on any atom is -0.392 e. The molecule has 0 saturated carbocycles. The van der Waals surface area contributed by atoms with Crippen molar-refractivity contribution in [3.8, 4) is 5.69 Å². The number of rotatable bonds is 4. The van der Waals surface area contributed by atoms with Crippen LogP contribution >= 0.6 is 0 Å². The van der Waals surface area contributed by atoms with Gasteiger partial charge in [-0.3, -0.25) is 4.79 Å². The quantitative estimate of drug-likeness (QED) is 0.868. The summed E-state index contributed by atoms with van der Waals surface area (Å²) in [7, 11) is 0. The number of carbonyl (C=O) groups excluding carboxylic acids is 1. The van der Waals surface area contributed by atoms with E-state index in [4.69, 9.17) is 5.11 Å². The van der Waals surface area contributed by atoms with Crippen LogP contribution in [-0.2, 0) is 0 Å². The molecule has 1 aromatic heterocycles. The first-order valence-corrected chi connectivity index (χ1v) is 5.85. The normalized spacial score (nSPS) is 12.2. The van der Waals surface area contributed by atoms with E-state index in [1.165, 1.54) is 23.0 Å². The van der Waals surface area contributed by atoms with E-state index in [1.54, 1.807) is 25.1 Å². The van der Waals surface area contributed by atoms with Crippen molar-refractivity contribution >= 4 is 5.91 Å². The maximum absolute atomic E-state index is 13.5. The first-order chi connectivity index (χ1) is 9.08. The maximum atomic E-state index is 13.5. The smallest absolute Gasteiger partial charge is 0.271 e. The molecular weight excluding hydrogens is 249 g/mol. The fourth-order valence-corrected chi connectivity index (χ4v) is 1.55. The molecule has 0 aliphatic rings. The van der Waals surface area contributed by atoms with Crippen LogP contribution in [-0.4, -0.2) is 33.4 Å². The van der Waals surface area contributed by atoms with Crippen LogP contribution in [0.25, 0.3) is 5.69 Å². The van der Waals surface area contributed by atoms with E-state index in [2.05, 4.69) is 10.4 Å². The largest absolute Gasteiger partial charge is 0.392 e. The number of nitrogens with one attached hydrogen (secondary N) is 1. The Labute approximate surface area is 109 Å². The number of para-hydroxylation sites is 1. The summed E-state index contributed by atoms with van der Waals surface area (Å²) in [6, 6.07) is 7.65. The van der Waals surface area contributed by atoms with Crippen molar-refractivity contribution in [3.63, 3.8) is 0 Å². The Bertz CT molecular complexity index is 581. The number of aliphatic hydroxyl groups is 1. The summed E-state index contributed by atoms with van der Waals surface area (Å²) in [5.41, 5.74) is 0.445. The van der Waals surface area contributed by atoms with Gasteiger partial charge in [0.2, 0.25) is 0 Å². The van der Waals surface area contributed by atoms with Crippen LogP contribution in [0.4, 0.5) is 4.39 Å². The maximum Gasteiger partial charge on any atom is 0.271 e. The molecule has 0 spiro atoms. The predicted molar refractivity (Wildman–Crippen MR) is 67.5 cm³/mol. The van der Waals surface area contributed by atoms with E-state index in [-0.39, 0.29) is 17.9 Å². The molecule has 2 rings (SSSR count). The van der Waals surface area contributed by atoms with E-state index in [9.17, 15) is 9.18 Å². The van der Waals surface area contributed by atoms with Crippen molar-refractivity contribution in [3.05, 3.63) is 48.0 Å². The minimum atomic E-state index is -0.627. The number of aromatic nitrogens is 2. The number of benzene rings is 1. The molecular formula is C13H14FN3O2. The third-order valence-electron chi connectivity index (χ3n) is 2.48. The highest BCUT2D eigenvalue weighted by atomic mass is 19.1. The Balaban J connectivity index is 2.15. The molecule has 1 aromatic carbocycles. The van der Waals surface area contributed by atoms with Crippen LogP contribution in [0.1, 0.15) is 17.4 Å². The van der Waals surface area contributed by atoms with Gasteiger partial charge in [0.15, 0.2) is 5.69 Å². The molecule has 1 heterocycles. The first kappa shape index (κ1) is 13.2. The fourth-order valence-electron chi connectivity index (χ4n) is 1.55. The minimum absolute atomic E-state index is 0.144. The fraction of sp³-hybridized carbons (Fsp3) is 0.231. The van der Waals surface area contributed by atoms with Crippen molar-refractivity contribution in [1.29, 1.82) is 0 Å². The van der Waals surface area contributed by atoms with E-state index < -0.39 is 17.8 Å². The lowest BCUT2D eigenvalue weighted by molar-refractivity contribution is 0.0918. The molecule has 2 N–H and O–H groups in total. The summed E-state index contributed by atoms with van der Waals surface area (Å²) < 4.78 is 14.8. The third-order valence-corrected chi connectivity index (χ3v) is 2.48. The van der Waals surface area contributed by atoms with Crippen LogP contribution in [0, 0.1) is 5.82 Å². The van der Waals surface area contributed by atoms with Crippen molar-refractivity contribution in [2.75, 3.05) is 6.54 Å². The van der Waals surface area contributed by atoms with Gasteiger partial charge in [-0.15, -0.1) is 0 Å². The van der Waals surface area contributed by atoms with Crippen LogP contribution in [0.15, 0.2) is 36.5 Å². The molecule has 6 heteroatoms. The predicted octanol–water partition coefficient (Wildman–Crippen LogP) is 1.12. The molecule has 19 heavy (non-hydrogen) atoms. The molecule has 1 amide bonds. The van der Waals surface area contributed by atoms with Gasteiger partial charge in [0.25, 0.3) is 5.91 Å². The Kier molecular flexibility index (Phi) is 3.91. The monoisotopic (exact) mass is 263 g/mol. The summed E-state index contributed by atoms with van der Waals surface area (Å²) in [5, 5.41) is 15.6. The Morgan fingerprint density at radius 3 is 2.89 bits per heavy atom. The summed E-state index contributed by atoms with van der Waals surface area (Å²) in [6.07, 6.45) is 0.882. The molecule has 0 aliphatic carbocycles. The number of hydrogen-bond donors (Lipinski definition) is 2. The lowest BCUT2D eigenvalue weighted by atomic mass is 10.3. The molecule has 0 fully saturated rings. The molecule has 1 unspecified atom stereocenters. The second-order valence-electron chi connectivity index (χ2n) is 4.16. The van der Waals surface area contributed by atoms with Gasteiger partial charge >= 0.3 is 0 Å². The second kappa shape index (κ2) is 5.62. The Hall–Kier alpha value is -2.21. The number of hydrogen-bond acceptors (Lipinski definition) is 3. The van der Waals surface area contributed by atoms with E-state index in [0.717, 1.165) is 0 Å². The number of amides is 1. The van der Waals surface area contributed by atoms with E-state index in [1.807, 2.05) is 0 Å². The molecule has 0 saturated heterocycles. The zero-order chi connectivity index (χ0) is 13.8. The number of halogens is 1. The molecule has 1 atom stereocenters. The first-order valence-electron chi connectivity index (χ1n) is 5.85. The van der Waals surface area contributed by atoms with Gasteiger partial charge in [0.1, 0.15) is 11.5 Å². The molecule has 0 bridgehead atoms. The molecule has 0 aliphatic heterocycles. The molecule has 100 valence electrons. The molecule has 0 radical (unpaired) electrons. The highest BCUT2D eigenvalue weighted by molar-refractivity contribution is 5.92. The van der Waals surface area contributed by atoms with Crippen molar-refractivity contribution < 1.29 is 14.3 Å².